The topological polar surface area (TPSA) is 87.6 Å². The molecule has 0 spiro atoms. The number of hydrogen-bond donors (Lipinski definition) is 2. The van der Waals surface area contributed by atoms with Gasteiger partial charge in [-0.15, -0.1) is 0 Å². The van der Waals surface area contributed by atoms with Crippen molar-refractivity contribution in [2.75, 3.05) is 25.5 Å². The van der Waals surface area contributed by atoms with Crippen LogP contribution in [0.25, 0.3) is 0 Å². The van der Waals surface area contributed by atoms with E-state index in [4.69, 9.17) is 4.74 Å². The minimum atomic E-state index is -0.837. The monoisotopic (exact) mass is 462 g/mol. The number of ether oxygens (including phenoxy) is 1. The standard InChI is InChI=1S/C25H26N4O3S/c1-32-22(30)15-17-2-5-19(6-3-17)25(31)8-12-29(13-9-25)16-18-4-7-21-20(14-18)28-23-24(33-21)27-11-10-26-23/h2-7,10-11,14,31H,8-9,12-13,15-16H2,1H3,(H,26,28). The fourth-order valence-electron chi connectivity index (χ4n) is 4.38. The zero-order chi connectivity index (χ0) is 22.8. The van der Waals surface area contributed by atoms with Crippen molar-refractivity contribution in [1.29, 1.82) is 0 Å². The molecule has 0 amide bonds. The number of carbonyl (C=O) groups excluding carboxylic acids is 1. The number of aromatic nitrogens is 2. The fourth-order valence-corrected chi connectivity index (χ4v) is 5.26. The summed E-state index contributed by atoms with van der Waals surface area (Å²) in [5.41, 5.74) is 3.25. The van der Waals surface area contributed by atoms with Crippen LogP contribution in [0.4, 0.5) is 11.5 Å². The van der Waals surface area contributed by atoms with Crippen LogP contribution in [0.15, 0.2) is 64.8 Å². The minimum absolute atomic E-state index is 0.245. The van der Waals surface area contributed by atoms with E-state index in [0.29, 0.717) is 12.8 Å². The van der Waals surface area contributed by atoms with Gasteiger partial charge in [0.15, 0.2) is 5.82 Å². The molecule has 1 saturated heterocycles. The lowest BCUT2D eigenvalue weighted by molar-refractivity contribution is -0.139. The van der Waals surface area contributed by atoms with Crippen LogP contribution in [-0.4, -0.2) is 46.1 Å². The molecule has 8 heteroatoms. The summed E-state index contributed by atoms with van der Waals surface area (Å²) in [6.07, 6.45) is 5.00. The molecule has 1 aromatic heterocycles. The van der Waals surface area contributed by atoms with E-state index >= 15 is 0 Å². The third-order valence-corrected chi connectivity index (χ3v) is 7.39. The van der Waals surface area contributed by atoms with Gasteiger partial charge in [0.1, 0.15) is 5.03 Å². The maximum Gasteiger partial charge on any atom is 0.309 e. The van der Waals surface area contributed by atoms with Crippen molar-refractivity contribution in [1.82, 2.24) is 14.9 Å². The summed E-state index contributed by atoms with van der Waals surface area (Å²) in [6.45, 7) is 2.46. The second-order valence-corrected chi connectivity index (χ2v) is 9.56. The number of rotatable bonds is 5. The normalized spacial score (nSPS) is 16.9. The molecule has 2 N–H and O–H groups in total. The summed E-state index contributed by atoms with van der Waals surface area (Å²) < 4.78 is 4.72. The molecular formula is C25H26N4O3S. The molecule has 2 aromatic carbocycles. The Bertz CT molecular complexity index is 1160. The molecule has 0 atom stereocenters. The Labute approximate surface area is 197 Å². The van der Waals surface area contributed by atoms with Gasteiger partial charge >= 0.3 is 5.97 Å². The second-order valence-electron chi connectivity index (χ2n) is 8.53. The molecule has 0 bridgehead atoms. The van der Waals surface area contributed by atoms with Gasteiger partial charge in [-0.25, -0.2) is 9.97 Å². The number of fused-ring (bicyclic) bond motifs is 2. The third-order valence-electron chi connectivity index (χ3n) is 6.33. The molecule has 3 heterocycles. The summed E-state index contributed by atoms with van der Waals surface area (Å²) >= 11 is 1.63. The number of methoxy groups -OCH3 is 1. The van der Waals surface area contributed by atoms with E-state index in [2.05, 4.69) is 38.4 Å². The van der Waals surface area contributed by atoms with Gasteiger partial charge in [0.25, 0.3) is 0 Å². The van der Waals surface area contributed by atoms with Gasteiger partial charge in [0.2, 0.25) is 0 Å². The van der Waals surface area contributed by atoms with E-state index in [9.17, 15) is 9.90 Å². The number of benzene rings is 2. The highest BCUT2D eigenvalue weighted by molar-refractivity contribution is 7.99. The molecule has 7 nitrogen and oxygen atoms in total. The number of anilines is 2. The van der Waals surface area contributed by atoms with Crippen molar-refractivity contribution in [2.24, 2.45) is 0 Å². The van der Waals surface area contributed by atoms with Gasteiger partial charge < -0.3 is 15.2 Å². The van der Waals surface area contributed by atoms with Crippen LogP contribution in [0.1, 0.15) is 29.5 Å². The first-order valence-electron chi connectivity index (χ1n) is 11.0. The molecule has 0 unspecified atom stereocenters. The van der Waals surface area contributed by atoms with Gasteiger partial charge in [-0.3, -0.25) is 9.69 Å². The summed E-state index contributed by atoms with van der Waals surface area (Å²) in [6, 6.07) is 14.1. The molecule has 2 aliphatic rings. The van der Waals surface area contributed by atoms with E-state index in [1.54, 1.807) is 24.2 Å². The summed E-state index contributed by atoms with van der Waals surface area (Å²) in [5, 5.41) is 15.5. The zero-order valence-electron chi connectivity index (χ0n) is 18.5. The Morgan fingerprint density at radius 1 is 1.12 bits per heavy atom. The van der Waals surface area contributed by atoms with E-state index in [0.717, 1.165) is 52.2 Å². The van der Waals surface area contributed by atoms with Crippen molar-refractivity contribution in [3.63, 3.8) is 0 Å². The molecule has 0 aliphatic carbocycles. The molecule has 3 aromatic rings. The Balaban J connectivity index is 1.20. The summed E-state index contributed by atoms with van der Waals surface area (Å²) in [7, 11) is 1.39. The number of nitrogens with one attached hydrogen (secondary N) is 1. The number of hydrogen-bond acceptors (Lipinski definition) is 8. The molecule has 0 saturated carbocycles. The van der Waals surface area contributed by atoms with Gasteiger partial charge in [-0.05, 0) is 41.7 Å². The molecule has 170 valence electrons. The Hall–Kier alpha value is -2.94. The van der Waals surface area contributed by atoms with Crippen molar-refractivity contribution >= 4 is 29.2 Å². The van der Waals surface area contributed by atoms with Crippen LogP contribution in [0.5, 0.6) is 0 Å². The van der Waals surface area contributed by atoms with Crippen LogP contribution in [0, 0.1) is 0 Å². The number of nitrogens with zero attached hydrogens (tertiary/aromatic N) is 3. The Morgan fingerprint density at radius 2 is 1.85 bits per heavy atom. The Kier molecular flexibility index (Phi) is 6.05. The highest BCUT2D eigenvalue weighted by atomic mass is 32.2. The zero-order valence-corrected chi connectivity index (χ0v) is 19.3. The van der Waals surface area contributed by atoms with Crippen LogP contribution in [0.2, 0.25) is 0 Å². The Morgan fingerprint density at radius 3 is 2.61 bits per heavy atom. The lowest BCUT2D eigenvalue weighted by atomic mass is 9.84. The first-order valence-corrected chi connectivity index (χ1v) is 11.8. The SMILES string of the molecule is COC(=O)Cc1ccc(C2(O)CCN(Cc3ccc4c(c3)Nc3nccnc3S4)CC2)cc1. The minimum Gasteiger partial charge on any atom is -0.469 e. The van der Waals surface area contributed by atoms with E-state index in [-0.39, 0.29) is 12.4 Å². The third kappa shape index (κ3) is 4.73. The molecule has 2 aliphatic heterocycles. The molecule has 0 radical (unpaired) electrons. The van der Waals surface area contributed by atoms with E-state index in [1.165, 1.54) is 12.7 Å². The van der Waals surface area contributed by atoms with Crippen LogP contribution < -0.4 is 5.32 Å². The molecule has 33 heavy (non-hydrogen) atoms. The van der Waals surface area contributed by atoms with Gasteiger partial charge in [0, 0.05) is 36.9 Å². The summed E-state index contributed by atoms with van der Waals surface area (Å²) in [5.74, 6) is 0.538. The van der Waals surface area contributed by atoms with Crippen molar-refractivity contribution < 1.29 is 14.6 Å². The van der Waals surface area contributed by atoms with E-state index in [1.807, 2.05) is 24.3 Å². The molecule has 1 fully saturated rings. The molecular weight excluding hydrogens is 436 g/mol. The van der Waals surface area contributed by atoms with Gasteiger partial charge in [0.05, 0.1) is 24.8 Å². The fraction of sp³-hybridized carbons (Fsp3) is 0.320. The predicted octanol–water partition coefficient (Wildman–Crippen LogP) is 3.88. The smallest absolute Gasteiger partial charge is 0.309 e. The lowest BCUT2D eigenvalue weighted by Crippen LogP contribution is -2.42. The van der Waals surface area contributed by atoms with Crippen LogP contribution in [0.3, 0.4) is 0 Å². The predicted molar refractivity (Wildman–Crippen MR) is 126 cm³/mol. The quantitative estimate of drug-likeness (QED) is 0.432. The van der Waals surface area contributed by atoms with Crippen molar-refractivity contribution in [3.05, 3.63) is 71.5 Å². The average Bonchev–Trinajstić information content (AvgIpc) is 2.84. The number of esters is 1. The maximum absolute atomic E-state index is 11.5. The summed E-state index contributed by atoms with van der Waals surface area (Å²) in [4.78, 5) is 23.7. The number of likely N-dealkylation sites (tertiary alicyclic amines) is 1. The van der Waals surface area contributed by atoms with Crippen molar-refractivity contribution in [3.8, 4) is 0 Å². The maximum atomic E-state index is 11.5. The first kappa shape index (κ1) is 21.9. The van der Waals surface area contributed by atoms with Gasteiger partial charge in [-0.1, -0.05) is 42.1 Å². The van der Waals surface area contributed by atoms with Crippen LogP contribution >= 0.6 is 11.8 Å². The van der Waals surface area contributed by atoms with Crippen molar-refractivity contribution in [2.45, 2.75) is 41.3 Å². The highest BCUT2D eigenvalue weighted by Gasteiger charge is 2.34. The lowest BCUT2D eigenvalue weighted by Gasteiger charge is -2.38. The van der Waals surface area contributed by atoms with Gasteiger partial charge in [-0.2, -0.15) is 0 Å². The second kappa shape index (κ2) is 9.13. The largest absolute Gasteiger partial charge is 0.469 e. The average molecular weight is 463 g/mol. The van der Waals surface area contributed by atoms with E-state index < -0.39 is 5.60 Å². The highest BCUT2D eigenvalue weighted by Crippen LogP contribution is 2.42. The molecule has 5 rings (SSSR count). The first-order chi connectivity index (χ1) is 16.0. The number of carbonyl (C=O) groups is 1. The number of piperidine rings is 1. The van der Waals surface area contributed by atoms with Crippen LogP contribution in [-0.2, 0) is 28.1 Å². The number of aliphatic hydroxyl groups is 1.